The van der Waals surface area contributed by atoms with Crippen LogP contribution in [0.25, 0.3) is 0 Å². The fraction of sp³-hybridized carbons (Fsp3) is 0.950. The Hall–Kier alpha value is -1.59. The summed E-state index contributed by atoms with van der Waals surface area (Å²) in [6.07, 6.45) is 56.6. The first-order valence-corrected chi connectivity index (χ1v) is 29.7. The highest BCUT2D eigenvalue weighted by atomic mass is 16.6. The van der Waals surface area contributed by atoms with Crippen molar-refractivity contribution >= 4 is 17.9 Å². The molecule has 0 aromatic rings. The lowest BCUT2D eigenvalue weighted by atomic mass is 10.0. The van der Waals surface area contributed by atoms with E-state index in [9.17, 15) is 14.4 Å². The molecule has 0 aromatic carbocycles. The molecule has 0 rings (SSSR count). The highest BCUT2D eigenvalue weighted by Gasteiger charge is 2.19. The Morgan fingerprint density at radius 2 is 0.500 bits per heavy atom. The summed E-state index contributed by atoms with van der Waals surface area (Å²) in [5, 5.41) is 0. The Kier molecular flexibility index (Phi) is 51.5. The van der Waals surface area contributed by atoms with Gasteiger partial charge in [-0.2, -0.15) is 0 Å². The Morgan fingerprint density at radius 3 is 0.742 bits per heavy atom. The summed E-state index contributed by atoms with van der Waals surface area (Å²) in [5.74, 6) is 0.851. The molecule has 0 aromatic heterocycles. The number of ether oxygens (including phenoxy) is 3. The first-order chi connectivity index (χ1) is 32.2. The molecule has 392 valence electrons. The molecule has 0 unspecified atom stereocenters. The van der Waals surface area contributed by atoms with E-state index in [1.54, 1.807) is 0 Å². The molecular formula is C60H116O6. The van der Waals surface area contributed by atoms with E-state index in [4.69, 9.17) is 14.2 Å². The number of hydrogen-bond acceptors (Lipinski definition) is 6. The number of carbonyl (C=O) groups is 3. The van der Waals surface area contributed by atoms with Gasteiger partial charge in [0.2, 0.25) is 0 Å². The van der Waals surface area contributed by atoms with Gasteiger partial charge in [0.25, 0.3) is 0 Å². The third kappa shape index (κ3) is 53.4. The third-order valence-corrected chi connectivity index (χ3v) is 13.7. The molecule has 0 N–H and O–H groups in total. The van der Waals surface area contributed by atoms with Gasteiger partial charge in [0.05, 0.1) is 0 Å². The number of hydrogen-bond donors (Lipinski definition) is 0. The van der Waals surface area contributed by atoms with Gasteiger partial charge in [-0.25, -0.2) is 0 Å². The molecule has 0 fully saturated rings. The molecule has 0 amide bonds. The zero-order chi connectivity index (χ0) is 48.2. The minimum Gasteiger partial charge on any atom is -0.462 e. The van der Waals surface area contributed by atoms with Crippen molar-refractivity contribution in [2.75, 3.05) is 13.2 Å². The van der Waals surface area contributed by atoms with Crippen molar-refractivity contribution < 1.29 is 28.6 Å². The van der Waals surface area contributed by atoms with Crippen LogP contribution >= 0.6 is 0 Å². The van der Waals surface area contributed by atoms with Crippen molar-refractivity contribution in [2.24, 2.45) is 11.8 Å². The predicted octanol–water partition coefficient (Wildman–Crippen LogP) is 19.7. The molecule has 1 atom stereocenters. The van der Waals surface area contributed by atoms with Crippen LogP contribution in [0.2, 0.25) is 0 Å². The molecule has 0 aliphatic carbocycles. The van der Waals surface area contributed by atoms with Crippen LogP contribution < -0.4 is 0 Å². The summed E-state index contributed by atoms with van der Waals surface area (Å²) < 4.78 is 16.9. The molecule has 6 heteroatoms. The molecule has 6 nitrogen and oxygen atoms in total. The monoisotopic (exact) mass is 933 g/mol. The van der Waals surface area contributed by atoms with Crippen LogP contribution in [0.15, 0.2) is 0 Å². The minimum absolute atomic E-state index is 0.0623. The number of carbonyl (C=O) groups excluding carboxylic acids is 3. The lowest BCUT2D eigenvalue weighted by Gasteiger charge is -2.18. The second-order valence-electron chi connectivity index (χ2n) is 21.6. The van der Waals surface area contributed by atoms with E-state index in [1.165, 1.54) is 225 Å². The van der Waals surface area contributed by atoms with Crippen molar-refractivity contribution in [2.45, 2.75) is 343 Å². The van der Waals surface area contributed by atoms with Crippen LogP contribution in [-0.4, -0.2) is 37.2 Å². The van der Waals surface area contributed by atoms with Crippen molar-refractivity contribution in [1.29, 1.82) is 0 Å². The second-order valence-corrected chi connectivity index (χ2v) is 21.6. The number of esters is 3. The van der Waals surface area contributed by atoms with Gasteiger partial charge in [-0.15, -0.1) is 0 Å². The summed E-state index contributed by atoms with van der Waals surface area (Å²) in [5.41, 5.74) is 0. The average molecular weight is 934 g/mol. The van der Waals surface area contributed by atoms with Gasteiger partial charge in [0.1, 0.15) is 13.2 Å². The van der Waals surface area contributed by atoms with Crippen LogP contribution in [0.1, 0.15) is 336 Å². The standard InChI is InChI=1S/C60H116O6/c1-6-7-8-9-10-11-12-13-20-25-30-35-40-45-50-58(61)64-53-57(54-65-59(62)51-46-41-36-31-26-22-17-19-24-29-34-39-44-49-56(4)5)66-60(63)52-47-42-37-32-27-21-16-14-15-18-23-28-33-38-43-48-55(2)3/h55-57H,6-54H2,1-5H3/t57-/m1/s1. The van der Waals surface area contributed by atoms with Gasteiger partial charge in [-0.05, 0) is 31.1 Å². The Morgan fingerprint density at radius 1 is 0.288 bits per heavy atom. The van der Waals surface area contributed by atoms with Crippen LogP contribution in [0.4, 0.5) is 0 Å². The van der Waals surface area contributed by atoms with E-state index in [0.29, 0.717) is 19.3 Å². The Balaban J connectivity index is 4.29. The van der Waals surface area contributed by atoms with Crippen LogP contribution in [-0.2, 0) is 28.6 Å². The smallest absolute Gasteiger partial charge is 0.306 e. The molecule has 0 bridgehead atoms. The molecule has 0 saturated heterocycles. The van der Waals surface area contributed by atoms with Gasteiger partial charge in [0.15, 0.2) is 6.10 Å². The van der Waals surface area contributed by atoms with E-state index >= 15 is 0 Å². The maximum Gasteiger partial charge on any atom is 0.306 e. The highest BCUT2D eigenvalue weighted by molar-refractivity contribution is 5.71. The SMILES string of the molecule is CCCCCCCCCCCCCCCCC(=O)OC[C@H](COC(=O)CCCCCCCCCCCCCCCC(C)C)OC(=O)CCCCCCCCCCCCCCCCCC(C)C. The van der Waals surface area contributed by atoms with Gasteiger partial charge in [-0.3, -0.25) is 14.4 Å². The Labute approximate surface area is 412 Å². The summed E-state index contributed by atoms with van der Waals surface area (Å²) in [4.78, 5) is 38.2. The van der Waals surface area contributed by atoms with E-state index < -0.39 is 6.10 Å². The number of rotatable bonds is 54. The highest BCUT2D eigenvalue weighted by Crippen LogP contribution is 2.18. The summed E-state index contributed by atoms with van der Waals surface area (Å²) in [6.45, 7) is 11.4. The maximum absolute atomic E-state index is 12.9. The average Bonchev–Trinajstić information content (AvgIpc) is 3.29. The maximum atomic E-state index is 12.9. The van der Waals surface area contributed by atoms with E-state index in [0.717, 1.165) is 69.6 Å². The second kappa shape index (κ2) is 52.8. The first-order valence-electron chi connectivity index (χ1n) is 29.7. The van der Waals surface area contributed by atoms with E-state index in [1.807, 2.05) is 0 Å². The number of unbranched alkanes of at least 4 members (excludes halogenated alkanes) is 39. The fourth-order valence-electron chi connectivity index (χ4n) is 9.23. The molecule has 0 aliphatic heterocycles. The van der Waals surface area contributed by atoms with Gasteiger partial charge in [0, 0.05) is 19.3 Å². The molecular weight excluding hydrogens is 817 g/mol. The van der Waals surface area contributed by atoms with Crippen molar-refractivity contribution in [3.63, 3.8) is 0 Å². The third-order valence-electron chi connectivity index (χ3n) is 13.7. The summed E-state index contributed by atoms with van der Waals surface area (Å²) >= 11 is 0. The quantitative estimate of drug-likeness (QED) is 0.0343. The predicted molar refractivity (Wildman–Crippen MR) is 284 cm³/mol. The zero-order valence-electron chi connectivity index (χ0n) is 45.3. The van der Waals surface area contributed by atoms with Crippen molar-refractivity contribution in [3.8, 4) is 0 Å². The van der Waals surface area contributed by atoms with E-state index in [-0.39, 0.29) is 31.1 Å². The summed E-state index contributed by atoms with van der Waals surface area (Å²) in [7, 11) is 0. The van der Waals surface area contributed by atoms with Crippen LogP contribution in [0.5, 0.6) is 0 Å². The zero-order valence-corrected chi connectivity index (χ0v) is 45.3. The lowest BCUT2D eigenvalue weighted by molar-refractivity contribution is -0.167. The van der Waals surface area contributed by atoms with Crippen molar-refractivity contribution in [3.05, 3.63) is 0 Å². The molecule has 0 heterocycles. The van der Waals surface area contributed by atoms with Gasteiger partial charge in [-0.1, -0.05) is 298 Å². The summed E-state index contributed by atoms with van der Waals surface area (Å²) in [6, 6.07) is 0. The molecule has 0 aliphatic rings. The van der Waals surface area contributed by atoms with Gasteiger partial charge < -0.3 is 14.2 Å². The topological polar surface area (TPSA) is 78.9 Å². The molecule has 0 radical (unpaired) electrons. The van der Waals surface area contributed by atoms with Gasteiger partial charge >= 0.3 is 17.9 Å². The molecule has 0 saturated carbocycles. The van der Waals surface area contributed by atoms with E-state index in [2.05, 4.69) is 34.6 Å². The fourth-order valence-corrected chi connectivity index (χ4v) is 9.23. The largest absolute Gasteiger partial charge is 0.462 e. The van der Waals surface area contributed by atoms with Crippen molar-refractivity contribution in [1.82, 2.24) is 0 Å². The molecule has 0 spiro atoms. The Bertz CT molecular complexity index is 1010. The first kappa shape index (κ1) is 64.4. The minimum atomic E-state index is -0.763. The molecule has 66 heavy (non-hydrogen) atoms. The lowest BCUT2D eigenvalue weighted by Crippen LogP contribution is -2.30. The van der Waals surface area contributed by atoms with Crippen LogP contribution in [0.3, 0.4) is 0 Å². The van der Waals surface area contributed by atoms with Crippen LogP contribution in [0, 0.1) is 11.8 Å². The normalized spacial score (nSPS) is 12.0.